The van der Waals surface area contributed by atoms with Crippen molar-refractivity contribution >= 4 is 23.2 Å². The van der Waals surface area contributed by atoms with E-state index in [1.807, 2.05) is 6.92 Å². The van der Waals surface area contributed by atoms with Gasteiger partial charge >= 0.3 is 0 Å². The van der Waals surface area contributed by atoms with Crippen LogP contribution < -0.4 is 16.0 Å². The average molecular weight is 343 g/mol. The topological polar surface area (TPSA) is 70.2 Å². The van der Waals surface area contributed by atoms with Crippen LogP contribution in [0.25, 0.3) is 0 Å². The van der Waals surface area contributed by atoms with E-state index in [1.165, 1.54) is 19.1 Å². The van der Waals surface area contributed by atoms with Gasteiger partial charge in [0.25, 0.3) is 0 Å². The molecule has 0 spiro atoms. The van der Waals surface area contributed by atoms with E-state index in [0.29, 0.717) is 5.69 Å². The molecule has 0 aliphatic heterocycles. The molecule has 0 saturated heterocycles. The van der Waals surface area contributed by atoms with Crippen LogP contribution in [0, 0.1) is 5.82 Å². The van der Waals surface area contributed by atoms with Crippen LogP contribution in [0.1, 0.15) is 32.4 Å². The zero-order valence-corrected chi connectivity index (χ0v) is 14.5. The minimum Gasteiger partial charge on any atom is -0.374 e. The van der Waals surface area contributed by atoms with Crippen molar-refractivity contribution in [1.82, 2.24) is 5.32 Å². The zero-order chi connectivity index (χ0) is 18.4. The van der Waals surface area contributed by atoms with Crippen LogP contribution in [0.2, 0.25) is 0 Å². The Bertz CT molecular complexity index is 729. The summed E-state index contributed by atoms with van der Waals surface area (Å²) in [6, 6.07) is 12.5. The highest BCUT2D eigenvalue weighted by Gasteiger charge is 2.16. The number of rotatable bonds is 6. The first-order valence-corrected chi connectivity index (χ1v) is 8.05. The van der Waals surface area contributed by atoms with Gasteiger partial charge in [0, 0.05) is 18.3 Å². The standard InChI is InChI=1S/C19H22FN3O2/c1-12(15-4-6-16(20)7-5-15)22-19(25)13(2)21-17-8-10-18(11-9-17)23-14(3)24/h4-13,21H,1-3H3,(H,22,25)(H,23,24)/t12-,13+/m0/s1. The number of benzene rings is 2. The molecule has 0 aliphatic carbocycles. The Hall–Kier alpha value is -2.89. The van der Waals surface area contributed by atoms with Crippen LogP contribution in [0.15, 0.2) is 48.5 Å². The van der Waals surface area contributed by atoms with E-state index >= 15 is 0 Å². The Morgan fingerprint density at radius 1 is 0.920 bits per heavy atom. The van der Waals surface area contributed by atoms with Gasteiger partial charge in [-0.05, 0) is 55.8 Å². The summed E-state index contributed by atoms with van der Waals surface area (Å²) in [7, 11) is 0. The molecule has 0 bridgehead atoms. The first-order valence-electron chi connectivity index (χ1n) is 8.05. The van der Waals surface area contributed by atoms with Gasteiger partial charge in [0.1, 0.15) is 11.9 Å². The van der Waals surface area contributed by atoms with E-state index in [1.54, 1.807) is 43.3 Å². The van der Waals surface area contributed by atoms with Crippen LogP contribution in [-0.4, -0.2) is 17.9 Å². The predicted octanol–water partition coefficient (Wildman–Crippen LogP) is 3.46. The largest absolute Gasteiger partial charge is 0.374 e. The van der Waals surface area contributed by atoms with Crippen LogP contribution in [-0.2, 0) is 9.59 Å². The van der Waals surface area contributed by atoms with Crippen molar-refractivity contribution in [2.75, 3.05) is 10.6 Å². The molecule has 0 radical (unpaired) electrons. The molecule has 2 aromatic rings. The van der Waals surface area contributed by atoms with Crippen LogP contribution in [0.4, 0.5) is 15.8 Å². The van der Waals surface area contributed by atoms with Crippen molar-refractivity contribution in [2.45, 2.75) is 32.9 Å². The summed E-state index contributed by atoms with van der Waals surface area (Å²) in [5, 5.41) is 8.68. The quantitative estimate of drug-likeness (QED) is 0.752. The second kappa shape index (κ2) is 8.28. The smallest absolute Gasteiger partial charge is 0.242 e. The number of amides is 2. The number of hydrogen-bond acceptors (Lipinski definition) is 3. The van der Waals surface area contributed by atoms with Crippen molar-refractivity contribution in [3.05, 3.63) is 59.9 Å². The molecule has 2 amide bonds. The molecule has 6 heteroatoms. The van der Waals surface area contributed by atoms with Gasteiger partial charge < -0.3 is 16.0 Å². The predicted molar refractivity (Wildman–Crippen MR) is 96.8 cm³/mol. The lowest BCUT2D eigenvalue weighted by Crippen LogP contribution is -2.38. The highest BCUT2D eigenvalue weighted by molar-refractivity contribution is 5.89. The molecule has 2 aromatic carbocycles. The summed E-state index contributed by atoms with van der Waals surface area (Å²) in [6.07, 6.45) is 0. The van der Waals surface area contributed by atoms with E-state index in [-0.39, 0.29) is 23.7 Å². The average Bonchev–Trinajstić information content (AvgIpc) is 2.56. The van der Waals surface area contributed by atoms with Gasteiger partial charge in [-0.15, -0.1) is 0 Å². The maximum atomic E-state index is 13.0. The first-order chi connectivity index (χ1) is 11.8. The molecule has 2 atom stereocenters. The number of halogens is 1. The summed E-state index contributed by atoms with van der Waals surface area (Å²) < 4.78 is 13.0. The lowest BCUT2D eigenvalue weighted by atomic mass is 10.1. The Balaban J connectivity index is 1.91. The van der Waals surface area contributed by atoms with Crippen LogP contribution in [0.5, 0.6) is 0 Å². The fourth-order valence-electron chi connectivity index (χ4n) is 2.34. The maximum absolute atomic E-state index is 13.0. The first kappa shape index (κ1) is 18.4. The minimum absolute atomic E-state index is 0.136. The van der Waals surface area contributed by atoms with Gasteiger partial charge in [-0.2, -0.15) is 0 Å². The fraction of sp³-hybridized carbons (Fsp3) is 0.263. The normalized spacial score (nSPS) is 12.8. The SMILES string of the molecule is CC(=O)Nc1ccc(N[C@H](C)C(=O)N[C@@H](C)c2ccc(F)cc2)cc1. The second-order valence-electron chi connectivity index (χ2n) is 5.91. The molecule has 132 valence electrons. The fourth-order valence-corrected chi connectivity index (χ4v) is 2.34. The van der Waals surface area contributed by atoms with Gasteiger partial charge in [0.2, 0.25) is 11.8 Å². The monoisotopic (exact) mass is 343 g/mol. The molecule has 3 N–H and O–H groups in total. The minimum atomic E-state index is -0.450. The number of carbonyl (C=O) groups is 2. The van der Waals surface area contributed by atoms with Crippen LogP contribution in [0.3, 0.4) is 0 Å². The van der Waals surface area contributed by atoms with Gasteiger partial charge in [0.05, 0.1) is 6.04 Å². The summed E-state index contributed by atoms with van der Waals surface area (Å²) in [4.78, 5) is 23.3. The lowest BCUT2D eigenvalue weighted by Gasteiger charge is -2.19. The van der Waals surface area contributed by atoms with E-state index < -0.39 is 6.04 Å². The summed E-state index contributed by atoms with van der Waals surface area (Å²) in [5.41, 5.74) is 2.30. The van der Waals surface area contributed by atoms with Crippen LogP contribution >= 0.6 is 0 Å². The number of hydrogen-bond donors (Lipinski definition) is 3. The van der Waals surface area contributed by atoms with Crippen molar-refractivity contribution in [2.24, 2.45) is 0 Å². The van der Waals surface area contributed by atoms with Gasteiger partial charge in [-0.1, -0.05) is 12.1 Å². The molecule has 0 aliphatic rings. The highest BCUT2D eigenvalue weighted by Crippen LogP contribution is 2.16. The van der Waals surface area contributed by atoms with Crippen molar-refractivity contribution in [3.8, 4) is 0 Å². The Morgan fingerprint density at radius 2 is 1.48 bits per heavy atom. The Morgan fingerprint density at radius 3 is 2.04 bits per heavy atom. The van der Waals surface area contributed by atoms with Crippen molar-refractivity contribution in [1.29, 1.82) is 0 Å². The lowest BCUT2D eigenvalue weighted by molar-refractivity contribution is -0.122. The molecule has 0 aromatic heterocycles. The van der Waals surface area contributed by atoms with Crippen molar-refractivity contribution < 1.29 is 14.0 Å². The number of carbonyl (C=O) groups excluding carboxylic acids is 2. The van der Waals surface area contributed by atoms with Crippen molar-refractivity contribution in [3.63, 3.8) is 0 Å². The number of nitrogens with one attached hydrogen (secondary N) is 3. The number of anilines is 2. The zero-order valence-electron chi connectivity index (χ0n) is 14.5. The molecule has 0 saturated carbocycles. The van der Waals surface area contributed by atoms with E-state index in [0.717, 1.165) is 11.3 Å². The van der Waals surface area contributed by atoms with Gasteiger partial charge in [-0.25, -0.2) is 4.39 Å². The third-order valence-electron chi connectivity index (χ3n) is 3.71. The Kier molecular flexibility index (Phi) is 6.11. The molecule has 0 unspecified atom stereocenters. The molecule has 25 heavy (non-hydrogen) atoms. The molecular formula is C19H22FN3O2. The molecule has 0 fully saturated rings. The Labute approximate surface area is 146 Å². The van der Waals surface area contributed by atoms with Gasteiger partial charge in [-0.3, -0.25) is 9.59 Å². The van der Waals surface area contributed by atoms with E-state index in [4.69, 9.17) is 0 Å². The van der Waals surface area contributed by atoms with E-state index in [2.05, 4.69) is 16.0 Å². The highest BCUT2D eigenvalue weighted by atomic mass is 19.1. The molecule has 2 rings (SSSR count). The third-order valence-corrected chi connectivity index (χ3v) is 3.71. The maximum Gasteiger partial charge on any atom is 0.242 e. The van der Waals surface area contributed by atoms with Gasteiger partial charge in [0.15, 0.2) is 0 Å². The second-order valence-corrected chi connectivity index (χ2v) is 5.91. The summed E-state index contributed by atoms with van der Waals surface area (Å²) in [6.45, 7) is 5.05. The van der Waals surface area contributed by atoms with E-state index in [9.17, 15) is 14.0 Å². The molecular weight excluding hydrogens is 321 g/mol. The third kappa shape index (κ3) is 5.60. The molecule has 0 heterocycles. The summed E-state index contributed by atoms with van der Waals surface area (Å²) >= 11 is 0. The summed E-state index contributed by atoms with van der Waals surface area (Å²) in [5.74, 6) is -0.606. The molecule has 5 nitrogen and oxygen atoms in total.